The Kier molecular flexibility index (Phi) is 3.74. The molecule has 0 spiro atoms. The quantitative estimate of drug-likeness (QED) is 0.886. The highest BCUT2D eigenvalue weighted by atomic mass is 16.3. The third kappa shape index (κ3) is 3.33. The summed E-state index contributed by atoms with van der Waals surface area (Å²) in [6.45, 7) is 6.98. The Balaban J connectivity index is 1.73. The molecule has 0 aromatic heterocycles. The zero-order valence-electron chi connectivity index (χ0n) is 12.7. The lowest BCUT2D eigenvalue weighted by molar-refractivity contribution is 0.0351. The van der Waals surface area contributed by atoms with Crippen LogP contribution in [0.3, 0.4) is 0 Å². The Morgan fingerprint density at radius 1 is 1.30 bits per heavy atom. The van der Waals surface area contributed by atoms with Gasteiger partial charge in [-0.1, -0.05) is 17.7 Å². The number of nitrogens with one attached hydrogen (secondary N) is 1. The van der Waals surface area contributed by atoms with Crippen molar-refractivity contribution in [2.75, 3.05) is 18.0 Å². The molecule has 0 unspecified atom stereocenters. The van der Waals surface area contributed by atoms with Gasteiger partial charge in [-0.2, -0.15) is 0 Å². The molecule has 3 rings (SSSR count). The van der Waals surface area contributed by atoms with Crippen molar-refractivity contribution < 1.29 is 5.11 Å². The SMILES string of the molecule is Cc1ccc(N2CCC(C)(O)CC2)c(CNC2CC2)c1. The molecule has 110 valence electrons. The van der Waals surface area contributed by atoms with Crippen LogP contribution in [0.15, 0.2) is 18.2 Å². The molecule has 0 radical (unpaired) electrons. The molecule has 2 fully saturated rings. The second-order valence-corrected chi connectivity index (χ2v) is 6.77. The van der Waals surface area contributed by atoms with Gasteiger partial charge in [-0.25, -0.2) is 0 Å². The Hall–Kier alpha value is -1.06. The number of benzene rings is 1. The highest BCUT2D eigenvalue weighted by Crippen LogP contribution is 2.29. The zero-order valence-corrected chi connectivity index (χ0v) is 12.7. The van der Waals surface area contributed by atoms with Crippen LogP contribution in [0.4, 0.5) is 5.69 Å². The van der Waals surface area contributed by atoms with Gasteiger partial charge < -0.3 is 15.3 Å². The molecule has 1 aliphatic carbocycles. The number of aryl methyl sites for hydroxylation is 1. The van der Waals surface area contributed by atoms with E-state index in [1.54, 1.807) is 0 Å². The van der Waals surface area contributed by atoms with E-state index in [1.165, 1.54) is 29.7 Å². The van der Waals surface area contributed by atoms with E-state index in [0.29, 0.717) is 0 Å². The summed E-state index contributed by atoms with van der Waals surface area (Å²) in [6.07, 6.45) is 4.37. The number of rotatable bonds is 4. The summed E-state index contributed by atoms with van der Waals surface area (Å²) in [5.41, 5.74) is 3.59. The van der Waals surface area contributed by atoms with E-state index in [9.17, 15) is 5.11 Å². The lowest BCUT2D eigenvalue weighted by atomic mass is 9.93. The van der Waals surface area contributed by atoms with E-state index >= 15 is 0 Å². The van der Waals surface area contributed by atoms with Crippen LogP contribution in [-0.4, -0.2) is 29.8 Å². The predicted octanol–water partition coefficient (Wildman–Crippen LogP) is 2.60. The third-order valence-corrected chi connectivity index (χ3v) is 4.57. The lowest BCUT2D eigenvalue weighted by Crippen LogP contribution is -2.43. The lowest BCUT2D eigenvalue weighted by Gasteiger charge is -2.38. The number of aliphatic hydroxyl groups is 1. The van der Waals surface area contributed by atoms with Crippen molar-refractivity contribution in [2.24, 2.45) is 0 Å². The summed E-state index contributed by atoms with van der Waals surface area (Å²) in [5, 5.41) is 13.7. The highest BCUT2D eigenvalue weighted by Gasteiger charge is 2.28. The monoisotopic (exact) mass is 274 g/mol. The van der Waals surface area contributed by atoms with Gasteiger partial charge in [-0.15, -0.1) is 0 Å². The summed E-state index contributed by atoms with van der Waals surface area (Å²) >= 11 is 0. The molecule has 3 nitrogen and oxygen atoms in total. The van der Waals surface area contributed by atoms with Crippen LogP contribution < -0.4 is 10.2 Å². The first kappa shape index (κ1) is 13.9. The summed E-state index contributed by atoms with van der Waals surface area (Å²) in [7, 11) is 0. The summed E-state index contributed by atoms with van der Waals surface area (Å²) in [5.74, 6) is 0. The van der Waals surface area contributed by atoms with Gasteiger partial charge in [0.05, 0.1) is 5.60 Å². The molecule has 0 amide bonds. The van der Waals surface area contributed by atoms with Crippen LogP contribution in [0, 0.1) is 6.92 Å². The maximum atomic E-state index is 10.1. The molecule has 2 N–H and O–H groups in total. The second kappa shape index (κ2) is 5.38. The average Bonchev–Trinajstić information content (AvgIpc) is 3.21. The van der Waals surface area contributed by atoms with Crippen LogP contribution in [-0.2, 0) is 6.54 Å². The smallest absolute Gasteiger partial charge is 0.0653 e. The Labute approximate surface area is 122 Å². The molecule has 0 bridgehead atoms. The molecule has 1 aromatic carbocycles. The zero-order chi connectivity index (χ0) is 14.2. The standard InChI is InChI=1S/C17H26N2O/c1-13-3-6-16(14(11-13)12-18-15-4-5-15)19-9-7-17(2,20)8-10-19/h3,6,11,15,18,20H,4-5,7-10,12H2,1-2H3. The molecule has 1 aromatic rings. The minimum absolute atomic E-state index is 0.479. The van der Waals surface area contributed by atoms with E-state index in [4.69, 9.17) is 0 Å². The van der Waals surface area contributed by atoms with Crippen molar-refractivity contribution in [1.82, 2.24) is 5.32 Å². The number of nitrogens with zero attached hydrogens (tertiary/aromatic N) is 1. The van der Waals surface area contributed by atoms with Gasteiger partial charge in [0.15, 0.2) is 0 Å². The van der Waals surface area contributed by atoms with Crippen LogP contribution in [0.1, 0.15) is 43.7 Å². The number of piperidine rings is 1. The Morgan fingerprint density at radius 2 is 2.00 bits per heavy atom. The first-order valence-corrected chi connectivity index (χ1v) is 7.84. The summed E-state index contributed by atoms with van der Waals surface area (Å²) < 4.78 is 0. The fraction of sp³-hybridized carbons (Fsp3) is 0.647. The molecule has 1 heterocycles. The van der Waals surface area contributed by atoms with Gasteiger partial charge >= 0.3 is 0 Å². The minimum atomic E-state index is -0.479. The first-order valence-electron chi connectivity index (χ1n) is 7.84. The van der Waals surface area contributed by atoms with Crippen molar-refractivity contribution in [2.45, 2.75) is 57.7 Å². The van der Waals surface area contributed by atoms with Gasteiger partial charge in [0.25, 0.3) is 0 Å². The fourth-order valence-corrected chi connectivity index (χ4v) is 2.94. The number of hydrogen-bond acceptors (Lipinski definition) is 3. The maximum absolute atomic E-state index is 10.1. The molecule has 2 aliphatic rings. The van der Waals surface area contributed by atoms with E-state index in [-0.39, 0.29) is 0 Å². The molecule has 1 aliphatic heterocycles. The molecular weight excluding hydrogens is 248 g/mol. The molecule has 1 saturated heterocycles. The van der Waals surface area contributed by atoms with Crippen LogP contribution >= 0.6 is 0 Å². The number of hydrogen-bond donors (Lipinski definition) is 2. The van der Waals surface area contributed by atoms with Crippen molar-refractivity contribution in [3.8, 4) is 0 Å². The average molecular weight is 274 g/mol. The van der Waals surface area contributed by atoms with E-state index in [1.807, 2.05) is 6.92 Å². The number of anilines is 1. The van der Waals surface area contributed by atoms with Crippen LogP contribution in [0.5, 0.6) is 0 Å². The maximum Gasteiger partial charge on any atom is 0.0653 e. The molecule has 3 heteroatoms. The predicted molar refractivity (Wildman–Crippen MR) is 83.1 cm³/mol. The van der Waals surface area contributed by atoms with Crippen molar-refractivity contribution in [3.63, 3.8) is 0 Å². The minimum Gasteiger partial charge on any atom is -0.390 e. The van der Waals surface area contributed by atoms with Crippen molar-refractivity contribution >= 4 is 5.69 Å². The van der Waals surface area contributed by atoms with Gasteiger partial charge in [0, 0.05) is 31.4 Å². The third-order valence-electron chi connectivity index (χ3n) is 4.57. The second-order valence-electron chi connectivity index (χ2n) is 6.77. The van der Waals surface area contributed by atoms with Gasteiger partial charge in [0.2, 0.25) is 0 Å². The molecule has 1 saturated carbocycles. The molecular formula is C17H26N2O. The van der Waals surface area contributed by atoms with E-state index in [2.05, 4.69) is 35.3 Å². The first-order chi connectivity index (χ1) is 9.53. The van der Waals surface area contributed by atoms with Crippen LogP contribution in [0.25, 0.3) is 0 Å². The highest BCUT2D eigenvalue weighted by molar-refractivity contribution is 5.55. The molecule has 20 heavy (non-hydrogen) atoms. The van der Waals surface area contributed by atoms with Gasteiger partial charge in [-0.05, 0) is 51.2 Å². The Morgan fingerprint density at radius 3 is 2.65 bits per heavy atom. The molecule has 0 atom stereocenters. The summed E-state index contributed by atoms with van der Waals surface area (Å²) in [4.78, 5) is 2.43. The van der Waals surface area contributed by atoms with Crippen molar-refractivity contribution in [1.29, 1.82) is 0 Å². The van der Waals surface area contributed by atoms with Gasteiger partial charge in [0.1, 0.15) is 0 Å². The van der Waals surface area contributed by atoms with Crippen molar-refractivity contribution in [3.05, 3.63) is 29.3 Å². The fourth-order valence-electron chi connectivity index (χ4n) is 2.94. The van der Waals surface area contributed by atoms with Gasteiger partial charge in [-0.3, -0.25) is 0 Å². The topological polar surface area (TPSA) is 35.5 Å². The largest absolute Gasteiger partial charge is 0.390 e. The van der Waals surface area contributed by atoms with E-state index in [0.717, 1.165) is 38.5 Å². The Bertz CT molecular complexity index is 470. The van der Waals surface area contributed by atoms with E-state index < -0.39 is 5.60 Å². The normalized spacial score (nSPS) is 22.1. The summed E-state index contributed by atoms with van der Waals surface area (Å²) in [6, 6.07) is 7.49. The van der Waals surface area contributed by atoms with Crippen LogP contribution in [0.2, 0.25) is 0 Å².